The summed E-state index contributed by atoms with van der Waals surface area (Å²) >= 11 is 1.35. The van der Waals surface area contributed by atoms with Crippen molar-refractivity contribution in [2.24, 2.45) is 12.8 Å². The van der Waals surface area contributed by atoms with E-state index < -0.39 is 5.91 Å². The number of pyridine rings is 1. The quantitative estimate of drug-likeness (QED) is 0.391. The Labute approximate surface area is 212 Å². The molecule has 0 saturated carbocycles. The van der Waals surface area contributed by atoms with Gasteiger partial charge in [0, 0.05) is 43.1 Å². The topological polar surface area (TPSA) is 136 Å². The third-order valence-electron chi connectivity index (χ3n) is 6.79. The molecule has 12 heteroatoms. The van der Waals surface area contributed by atoms with Crippen LogP contribution in [0.15, 0.2) is 24.7 Å². The van der Waals surface area contributed by atoms with Crippen molar-refractivity contribution in [1.82, 2.24) is 39.8 Å². The summed E-state index contributed by atoms with van der Waals surface area (Å²) in [6, 6.07) is 1.81. The predicted octanol–water partition coefficient (Wildman–Crippen LogP) is 2.26. The van der Waals surface area contributed by atoms with E-state index in [2.05, 4.69) is 44.3 Å². The largest absolute Gasteiger partial charge is 0.365 e. The molecule has 5 rings (SSSR count). The standard InChI is InChI=1S/C24H29N9O2S/c1-14-16(10-15(11-27-14)22(35)26-7-9-32-8-5-6-24(32,2)3)19-20(18-13-28-31(4)30-18)36-23-17(21(25)34)12-29-33(19)23/h10-13H,5-9H2,1-4H3,(H2,25,34)(H,26,35). The number of primary amides is 1. The molecule has 1 fully saturated rings. The van der Waals surface area contributed by atoms with Crippen LogP contribution in [-0.2, 0) is 7.05 Å². The number of aromatic nitrogens is 6. The van der Waals surface area contributed by atoms with Crippen LogP contribution in [0.1, 0.15) is 53.1 Å². The molecule has 4 aromatic rings. The van der Waals surface area contributed by atoms with Crippen LogP contribution in [0.4, 0.5) is 0 Å². The van der Waals surface area contributed by atoms with Crippen LogP contribution < -0.4 is 11.1 Å². The molecule has 0 aromatic carbocycles. The van der Waals surface area contributed by atoms with Crippen molar-refractivity contribution in [1.29, 1.82) is 0 Å². The zero-order valence-electron chi connectivity index (χ0n) is 20.8. The van der Waals surface area contributed by atoms with Gasteiger partial charge < -0.3 is 11.1 Å². The minimum Gasteiger partial charge on any atom is -0.365 e. The number of hydrogen-bond donors (Lipinski definition) is 2. The molecule has 2 amide bonds. The normalized spacial score (nSPS) is 15.6. The monoisotopic (exact) mass is 507 g/mol. The molecule has 188 valence electrons. The number of nitrogens with zero attached hydrogens (tertiary/aromatic N) is 7. The number of aryl methyl sites for hydroxylation is 2. The van der Waals surface area contributed by atoms with Gasteiger partial charge >= 0.3 is 0 Å². The molecular weight excluding hydrogens is 478 g/mol. The molecule has 5 heterocycles. The van der Waals surface area contributed by atoms with Crippen LogP contribution in [0, 0.1) is 6.92 Å². The first-order valence-corrected chi connectivity index (χ1v) is 12.6. The van der Waals surface area contributed by atoms with Crippen LogP contribution in [0.3, 0.4) is 0 Å². The Morgan fingerprint density at radius 1 is 1.22 bits per heavy atom. The number of fused-ring (bicyclic) bond motifs is 1. The lowest BCUT2D eigenvalue weighted by Gasteiger charge is -2.31. The van der Waals surface area contributed by atoms with Crippen molar-refractivity contribution >= 4 is 28.0 Å². The molecule has 1 aliphatic heterocycles. The van der Waals surface area contributed by atoms with Gasteiger partial charge in [0.25, 0.3) is 11.8 Å². The second kappa shape index (κ2) is 9.10. The smallest absolute Gasteiger partial charge is 0.253 e. The number of carbonyl (C=O) groups excluding carboxylic acids is 2. The summed E-state index contributed by atoms with van der Waals surface area (Å²) in [7, 11) is 1.73. The first kappa shape index (κ1) is 24.1. The van der Waals surface area contributed by atoms with Crippen molar-refractivity contribution in [2.75, 3.05) is 19.6 Å². The van der Waals surface area contributed by atoms with Crippen molar-refractivity contribution < 1.29 is 9.59 Å². The maximum absolute atomic E-state index is 13.1. The van der Waals surface area contributed by atoms with Gasteiger partial charge in [-0.1, -0.05) is 0 Å². The molecule has 1 saturated heterocycles. The highest BCUT2D eigenvalue weighted by atomic mass is 32.1. The summed E-state index contributed by atoms with van der Waals surface area (Å²) in [4.78, 5) is 34.8. The van der Waals surface area contributed by atoms with E-state index >= 15 is 0 Å². The highest BCUT2D eigenvalue weighted by Gasteiger charge is 2.31. The van der Waals surface area contributed by atoms with Crippen LogP contribution in [-0.4, -0.2) is 71.5 Å². The van der Waals surface area contributed by atoms with Gasteiger partial charge in [-0.3, -0.25) is 19.5 Å². The van der Waals surface area contributed by atoms with Crippen molar-refractivity contribution in [3.63, 3.8) is 0 Å². The maximum Gasteiger partial charge on any atom is 0.253 e. The lowest BCUT2D eigenvalue weighted by molar-refractivity contribution is 0.0939. The van der Waals surface area contributed by atoms with Crippen LogP contribution >= 0.6 is 11.3 Å². The second-order valence-corrected chi connectivity index (χ2v) is 10.7. The molecule has 0 spiro atoms. The predicted molar refractivity (Wildman–Crippen MR) is 137 cm³/mol. The van der Waals surface area contributed by atoms with Crippen LogP contribution in [0.5, 0.6) is 0 Å². The fraction of sp³-hybridized carbons (Fsp3) is 0.417. The Hall–Kier alpha value is -3.64. The fourth-order valence-electron chi connectivity index (χ4n) is 4.75. The Kier molecular flexibility index (Phi) is 6.08. The number of rotatable bonds is 7. The third-order valence-corrected chi connectivity index (χ3v) is 7.99. The van der Waals surface area contributed by atoms with E-state index in [9.17, 15) is 9.59 Å². The van der Waals surface area contributed by atoms with E-state index in [1.54, 1.807) is 24.0 Å². The van der Waals surface area contributed by atoms with E-state index in [1.165, 1.54) is 35.2 Å². The highest BCUT2D eigenvalue weighted by molar-refractivity contribution is 7.21. The minimum absolute atomic E-state index is 0.165. The third kappa shape index (κ3) is 4.26. The molecule has 0 aliphatic carbocycles. The summed E-state index contributed by atoms with van der Waals surface area (Å²) in [6.07, 6.45) is 7.03. The van der Waals surface area contributed by atoms with Crippen molar-refractivity contribution in [3.05, 3.63) is 41.5 Å². The lowest BCUT2D eigenvalue weighted by atomic mass is 10.0. The van der Waals surface area contributed by atoms with E-state index in [-0.39, 0.29) is 11.4 Å². The molecule has 11 nitrogen and oxygen atoms in total. The Morgan fingerprint density at radius 2 is 2.03 bits per heavy atom. The number of hydrogen-bond acceptors (Lipinski definition) is 8. The fourth-order valence-corrected chi connectivity index (χ4v) is 5.92. The van der Waals surface area contributed by atoms with Gasteiger partial charge in [0.05, 0.1) is 34.1 Å². The van der Waals surface area contributed by atoms with Gasteiger partial charge in [-0.05, 0) is 46.2 Å². The van der Waals surface area contributed by atoms with E-state index in [0.717, 1.165) is 18.0 Å². The van der Waals surface area contributed by atoms with E-state index in [0.29, 0.717) is 45.1 Å². The molecule has 0 unspecified atom stereocenters. The van der Waals surface area contributed by atoms with Gasteiger partial charge in [-0.25, -0.2) is 4.52 Å². The molecule has 4 aromatic heterocycles. The van der Waals surface area contributed by atoms with Gasteiger partial charge in [0.15, 0.2) is 0 Å². The van der Waals surface area contributed by atoms with Crippen molar-refractivity contribution in [3.8, 4) is 21.8 Å². The Bertz CT molecular complexity index is 1470. The molecular formula is C24H29N9O2S. The Balaban J connectivity index is 1.49. The number of nitrogens with one attached hydrogen (secondary N) is 1. The molecule has 3 N–H and O–H groups in total. The lowest BCUT2D eigenvalue weighted by Crippen LogP contribution is -2.43. The molecule has 0 atom stereocenters. The van der Waals surface area contributed by atoms with Gasteiger partial charge in [0.2, 0.25) is 0 Å². The SMILES string of the molecule is Cc1ncc(C(=O)NCCN2CCCC2(C)C)cc1-c1c(-c2cnn(C)n2)sc2c(C(N)=O)cnn12. The van der Waals surface area contributed by atoms with E-state index in [4.69, 9.17) is 5.73 Å². The summed E-state index contributed by atoms with van der Waals surface area (Å²) in [6.45, 7) is 8.77. The summed E-state index contributed by atoms with van der Waals surface area (Å²) < 4.78 is 1.66. The summed E-state index contributed by atoms with van der Waals surface area (Å²) in [5, 5.41) is 16.1. The van der Waals surface area contributed by atoms with Crippen molar-refractivity contribution in [2.45, 2.75) is 39.2 Å². The first-order valence-electron chi connectivity index (χ1n) is 11.8. The Morgan fingerprint density at radius 3 is 2.69 bits per heavy atom. The minimum atomic E-state index is -0.562. The average molecular weight is 508 g/mol. The molecule has 36 heavy (non-hydrogen) atoms. The number of carbonyl (C=O) groups is 2. The van der Waals surface area contributed by atoms with Gasteiger partial charge in [0.1, 0.15) is 10.5 Å². The molecule has 0 radical (unpaired) electrons. The van der Waals surface area contributed by atoms with E-state index in [1.807, 2.05) is 13.0 Å². The van der Waals surface area contributed by atoms with Gasteiger partial charge in [-0.15, -0.1) is 11.3 Å². The average Bonchev–Trinajstić information content (AvgIpc) is 3.58. The zero-order valence-corrected chi connectivity index (χ0v) is 21.6. The number of likely N-dealkylation sites (tertiary alicyclic amines) is 1. The zero-order chi connectivity index (χ0) is 25.6. The summed E-state index contributed by atoms with van der Waals surface area (Å²) in [5.41, 5.74) is 9.25. The van der Waals surface area contributed by atoms with Crippen LogP contribution in [0.2, 0.25) is 0 Å². The number of amides is 2. The maximum atomic E-state index is 13.1. The highest BCUT2D eigenvalue weighted by Crippen LogP contribution is 2.40. The summed E-state index contributed by atoms with van der Waals surface area (Å²) in [5.74, 6) is -0.751. The molecule has 1 aliphatic rings. The first-order chi connectivity index (χ1) is 17.2. The number of thiazole rings is 1. The second-order valence-electron chi connectivity index (χ2n) is 9.65. The van der Waals surface area contributed by atoms with Crippen LogP contribution in [0.25, 0.3) is 26.7 Å². The van der Waals surface area contributed by atoms with Gasteiger partial charge in [-0.2, -0.15) is 20.1 Å². The molecule has 0 bridgehead atoms. The number of nitrogens with two attached hydrogens (primary N) is 1.